The molecule has 1 aliphatic carbocycles. The number of benzene rings is 1. The molecule has 3 aromatic rings. The monoisotopic (exact) mass is 332 g/mol. The van der Waals surface area contributed by atoms with Gasteiger partial charge in [0, 0.05) is 18.7 Å². The van der Waals surface area contributed by atoms with E-state index < -0.39 is 0 Å². The van der Waals surface area contributed by atoms with Crippen LogP contribution in [0.15, 0.2) is 30.5 Å². The van der Waals surface area contributed by atoms with E-state index in [1.165, 1.54) is 18.3 Å². The fraction of sp³-hybridized carbons (Fsp3) is 0.176. The van der Waals surface area contributed by atoms with Crippen molar-refractivity contribution in [1.29, 1.82) is 0 Å². The molecule has 2 radical (unpaired) electrons. The Hall–Kier alpha value is -2.54. The van der Waals surface area contributed by atoms with Gasteiger partial charge < -0.3 is 5.32 Å². The lowest BCUT2D eigenvalue weighted by Crippen LogP contribution is -2.10. The van der Waals surface area contributed by atoms with Gasteiger partial charge in [-0.15, -0.1) is 0 Å². The summed E-state index contributed by atoms with van der Waals surface area (Å²) in [4.78, 5) is 26.0. The molecule has 1 amide bonds. The van der Waals surface area contributed by atoms with Crippen LogP contribution in [0.25, 0.3) is 22.0 Å². The molecule has 0 unspecified atom stereocenters. The Labute approximate surface area is 144 Å². The first-order chi connectivity index (χ1) is 11.6. The Morgan fingerprint density at radius 1 is 1.25 bits per heavy atom. The van der Waals surface area contributed by atoms with Crippen LogP contribution in [0.5, 0.6) is 0 Å². The first-order valence-corrected chi connectivity index (χ1v) is 8.42. The number of anilines is 1. The van der Waals surface area contributed by atoms with Crippen LogP contribution in [-0.2, 0) is 17.6 Å². The number of fused-ring (bicyclic) bond motifs is 3. The maximum atomic E-state index is 11.3. The summed E-state index contributed by atoms with van der Waals surface area (Å²) >= 11 is 1.45. The fourth-order valence-electron chi connectivity index (χ4n) is 2.78. The molecule has 0 fully saturated rings. The minimum absolute atomic E-state index is 0.123. The van der Waals surface area contributed by atoms with Crippen LogP contribution in [0.4, 0.5) is 5.13 Å². The quantitative estimate of drug-likeness (QED) is 0.730. The van der Waals surface area contributed by atoms with E-state index in [9.17, 15) is 4.79 Å². The molecule has 0 saturated heterocycles. The third-order valence-electron chi connectivity index (χ3n) is 3.89. The molecule has 2 heterocycles. The van der Waals surface area contributed by atoms with Crippen LogP contribution in [0.1, 0.15) is 18.2 Å². The Morgan fingerprint density at radius 3 is 2.88 bits per heavy atom. The van der Waals surface area contributed by atoms with E-state index in [-0.39, 0.29) is 5.91 Å². The second-order valence-corrected chi connectivity index (χ2v) is 6.63. The Kier molecular flexibility index (Phi) is 3.65. The number of hydrogen-bond acceptors (Lipinski definition) is 5. The van der Waals surface area contributed by atoms with E-state index in [2.05, 4.69) is 15.3 Å². The van der Waals surface area contributed by atoms with Gasteiger partial charge in [-0.25, -0.2) is 15.0 Å². The van der Waals surface area contributed by atoms with Gasteiger partial charge in [-0.05, 0) is 18.4 Å². The van der Waals surface area contributed by atoms with Crippen LogP contribution in [0.2, 0.25) is 0 Å². The number of hydrogen-bond donors (Lipinski definition) is 1. The third-order valence-corrected chi connectivity index (χ3v) is 4.91. The second kappa shape index (κ2) is 5.83. The van der Waals surface area contributed by atoms with Gasteiger partial charge in [0.05, 0.1) is 16.3 Å². The minimum atomic E-state index is -0.123. The van der Waals surface area contributed by atoms with Gasteiger partial charge in [0.25, 0.3) is 0 Å². The minimum Gasteiger partial charge on any atom is -0.302 e. The largest absolute Gasteiger partial charge is 0.302 e. The molecule has 116 valence electrons. The number of amides is 1. The first-order valence-electron chi connectivity index (χ1n) is 7.60. The lowest BCUT2D eigenvalue weighted by Gasteiger charge is -2.15. The molecule has 1 aromatic carbocycles. The number of nitrogens with one attached hydrogen (secondary N) is 1. The van der Waals surface area contributed by atoms with Crippen molar-refractivity contribution in [3.63, 3.8) is 0 Å². The number of carbonyl (C=O) groups excluding carboxylic acids is 1. The van der Waals surface area contributed by atoms with Gasteiger partial charge >= 0.3 is 0 Å². The number of thiazole rings is 1. The van der Waals surface area contributed by atoms with Crippen molar-refractivity contribution in [3.05, 3.63) is 41.7 Å². The molecule has 1 N–H and O–H groups in total. The van der Waals surface area contributed by atoms with E-state index in [0.717, 1.165) is 40.2 Å². The average molecular weight is 332 g/mol. The molecule has 24 heavy (non-hydrogen) atoms. The van der Waals surface area contributed by atoms with Crippen molar-refractivity contribution in [1.82, 2.24) is 15.0 Å². The summed E-state index contributed by atoms with van der Waals surface area (Å²) in [5.74, 6) is 0.482. The number of rotatable bonds is 2. The Morgan fingerprint density at radius 2 is 2.08 bits per heavy atom. The van der Waals surface area contributed by atoms with E-state index in [1.807, 2.05) is 30.5 Å². The summed E-state index contributed by atoms with van der Waals surface area (Å²) in [6, 6.07) is 7.56. The van der Waals surface area contributed by atoms with E-state index in [0.29, 0.717) is 16.4 Å². The number of carbonyl (C=O) groups is 1. The van der Waals surface area contributed by atoms with Gasteiger partial charge in [0.1, 0.15) is 7.85 Å². The molecule has 0 atom stereocenters. The number of aromatic nitrogens is 3. The maximum Gasteiger partial charge on any atom is 0.223 e. The molecule has 5 nitrogen and oxygen atoms in total. The molecule has 0 saturated carbocycles. The molecular weight excluding hydrogens is 319 g/mol. The molecule has 7 heteroatoms. The lowest BCUT2D eigenvalue weighted by molar-refractivity contribution is -0.114. The predicted octanol–water partition coefficient (Wildman–Crippen LogP) is 2.12. The first kappa shape index (κ1) is 15.0. The summed E-state index contributed by atoms with van der Waals surface area (Å²) in [6.07, 6.45) is 3.54. The van der Waals surface area contributed by atoms with Gasteiger partial charge in [0.15, 0.2) is 11.0 Å². The normalized spacial score (nSPS) is 12.4. The van der Waals surface area contributed by atoms with Crippen molar-refractivity contribution in [2.45, 2.75) is 19.8 Å². The molecular formula is C17H13BN4OS. The van der Waals surface area contributed by atoms with Crippen molar-refractivity contribution >= 4 is 35.7 Å². The Bertz CT molecular complexity index is 954. The molecule has 0 bridgehead atoms. The topological polar surface area (TPSA) is 67.8 Å². The lowest BCUT2D eigenvalue weighted by atomic mass is 9.90. The van der Waals surface area contributed by atoms with Gasteiger partial charge in [-0.3, -0.25) is 4.79 Å². The van der Waals surface area contributed by atoms with Crippen LogP contribution < -0.4 is 10.8 Å². The van der Waals surface area contributed by atoms with E-state index >= 15 is 0 Å². The summed E-state index contributed by atoms with van der Waals surface area (Å²) in [7, 11) is 6.04. The summed E-state index contributed by atoms with van der Waals surface area (Å²) in [6.45, 7) is 1.48. The molecule has 0 spiro atoms. The highest BCUT2D eigenvalue weighted by atomic mass is 32.1. The van der Waals surface area contributed by atoms with E-state index in [1.54, 1.807) is 0 Å². The van der Waals surface area contributed by atoms with Gasteiger partial charge in [0.2, 0.25) is 5.91 Å². The van der Waals surface area contributed by atoms with Crippen LogP contribution in [-0.4, -0.2) is 28.7 Å². The number of aryl methyl sites for hydroxylation is 2. The summed E-state index contributed by atoms with van der Waals surface area (Å²) in [5.41, 5.74) is 4.43. The van der Waals surface area contributed by atoms with Crippen molar-refractivity contribution in [3.8, 4) is 22.0 Å². The highest BCUT2D eigenvalue weighted by Crippen LogP contribution is 2.38. The molecule has 0 aliphatic heterocycles. The fourth-order valence-corrected chi connectivity index (χ4v) is 3.86. The zero-order chi connectivity index (χ0) is 16.7. The highest BCUT2D eigenvalue weighted by Gasteiger charge is 2.23. The van der Waals surface area contributed by atoms with Gasteiger partial charge in [-0.1, -0.05) is 41.1 Å². The highest BCUT2D eigenvalue weighted by molar-refractivity contribution is 7.19. The van der Waals surface area contributed by atoms with Crippen molar-refractivity contribution in [2.24, 2.45) is 0 Å². The predicted molar refractivity (Wildman–Crippen MR) is 95.7 cm³/mol. The third kappa shape index (κ3) is 2.61. The van der Waals surface area contributed by atoms with Crippen molar-refractivity contribution < 1.29 is 4.79 Å². The van der Waals surface area contributed by atoms with E-state index in [4.69, 9.17) is 12.8 Å². The maximum absolute atomic E-state index is 11.3. The Balaban J connectivity index is 1.81. The summed E-state index contributed by atoms with van der Waals surface area (Å²) in [5, 5.41) is 3.36. The smallest absolute Gasteiger partial charge is 0.223 e. The number of nitrogens with zero attached hydrogens (tertiary/aromatic N) is 3. The summed E-state index contributed by atoms with van der Waals surface area (Å²) < 4.78 is 0. The zero-order valence-electron chi connectivity index (χ0n) is 13.0. The zero-order valence-corrected chi connectivity index (χ0v) is 13.9. The van der Waals surface area contributed by atoms with Crippen LogP contribution >= 0.6 is 11.3 Å². The van der Waals surface area contributed by atoms with Crippen LogP contribution in [0.3, 0.4) is 0 Å². The van der Waals surface area contributed by atoms with Crippen molar-refractivity contribution in [2.75, 3.05) is 5.32 Å². The SMILES string of the molecule is [B]c1ccccc1-c1ncc2c(n1)-c1sc(NC(C)=O)nc1CC2. The molecule has 1 aliphatic rings. The van der Waals surface area contributed by atoms with Gasteiger partial charge in [-0.2, -0.15) is 0 Å². The second-order valence-electron chi connectivity index (χ2n) is 5.63. The van der Waals surface area contributed by atoms with Crippen LogP contribution in [0, 0.1) is 0 Å². The molecule has 2 aromatic heterocycles. The molecule has 4 rings (SSSR count). The standard InChI is InChI=1S/C17H13BN4OS/c1-9(23)20-17-21-13-7-6-10-8-19-16(22-14(10)15(13)24-17)11-4-2-3-5-12(11)18/h2-5,8H,6-7H2,1H3,(H,20,21,23). The average Bonchev–Trinajstić information content (AvgIpc) is 2.97.